The van der Waals surface area contributed by atoms with Crippen LogP contribution in [0.5, 0.6) is 0 Å². The first-order valence-electron chi connectivity index (χ1n) is 5.07. The van der Waals surface area contributed by atoms with Crippen molar-refractivity contribution in [2.45, 2.75) is 23.3 Å². The van der Waals surface area contributed by atoms with Crippen molar-refractivity contribution in [1.82, 2.24) is 10.2 Å². The van der Waals surface area contributed by atoms with E-state index in [4.69, 9.17) is 10.00 Å². The van der Waals surface area contributed by atoms with E-state index in [-0.39, 0.29) is 0 Å². The van der Waals surface area contributed by atoms with Crippen LogP contribution in [0.15, 0.2) is 4.34 Å². The fourth-order valence-electron chi connectivity index (χ4n) is 1.44. The summed E-state index contributed by atoms with van der Waals surface area (Å²) in [6.07, 6.45) is 2.56. The fourth-order valence-corrected chi connectivity index (χ4v) is 2.86. The van der Waals surface area contributed by atoms with Crippen LogP contribution in [0.1, 0.15) is 12.8 Å². The predicted molar refractivity (Wildman–Crippen MR) is 63.7 cm³/mol. The maximum absolute atomic E-state index is 8.43. The van der Waals surface area contributed by atoms with Gasteiger partial charge in [-0.3, -0.25) is 0 Å². The summed E-state index contributed by atoms with van der Waals surface area (Å²) in [5.74, 6) is 0.417. The number of thioether (sulfide) groups is 1. The monoisotopic (exact) mass is 256 g/mol. The zero-order valence-corrected chi connectivity index (χ0v) is 10.3. The summed E-state index contributed by atoms with van der Waals surface area (Å²) in [4.78, 5) is 0. The van der Waals surface area contributed by atoms with Crippen LogP contribution in [-0.4, -0.2) is 35.2 Å². The van der Waals surface area contributed by atoms with E-state index in [0.717, 1.165) is 35.5 Å². The van der Waals surface area contributed by atoms with Gasteiger partial charge in [-0.15, -0.1) is 10.2 Å². The number of hydrogen-bond donors (Lipinski definition) is 1. The molecule has 0 saturated carbocycles. The predicted octanol–water partition coefficient (Wildman–Crippen LogP) is 1.74. The number of nitrogens with zero attached hydrogens (tertiary/aromatic N) is 3. The van der Waals surface area contributed by atoms with Crippen LogP contribution >= 0.6 is 23.1 Å². The lowest BCUT2D eigenvalue weighted by Crippen LogP contribution is -2.18. The summed E-state index contributed by atoms with van der Waals surface area (Å²) < 4.78 is 6.32. The number of rotatable bonds is 5. The summed E-state index contributed by atoms with van der Waals surface area (Å²) in [5, 5.41) is 20.4. The molecule has 1 aliphatic heterocycles. The Hall–Kier alpha value is -0.840. The molecule has 0 unspecified atom stereocenters. The van der Waals surface area contributed by atoms with Gasteiger partial charge in [-0.1, -0.05) is 23.1 Å². The highest BCUT2D eigenvalue weighted by molar-refractivity contribution is 8.01. The van der Waals surface area contributed by atoms with Crippen molar-refractivity contribution in [1.29, 1.82) is 5.26 Å². The van der Waals surface area contributed by atoms with Gasteiger partial charge in [-0.25, -0.2) is 0 Å². The molecule has 1 atom stereocenters. The van der Waals surface area contributed by atoms with Crippen molar-refractivity contribution >= 4 is 28.2 Å². The lowest BCUT2D eigenvalue weighted by atomic mass is 10.2. The van der Waals surface area contributed by atoms with Gasteiger partial charge in [0, 0.05) is 13.2 Å². The molecule has 0 spiro atoms. The highest BCUT2D eigenvalue weighted by atomic mass is 32.2. The van der Waals surface area contributed by atoms with Crippen molar-refractivity contribution in [3.8, 4) is 6.07 Å². The maximum Gasteiger partial charge on any atom is 0.206 e. The van der Waals surface area contributed by atoms with E-state index < -0.39 is 0 Å². The topological polar surface area (TPSA) is 70.8 Å². The molecule has 0 amide bonds. The maximum atomic E-state index is 8.43. The van der Waals surface area contributed by atoms with Crippen molar-refractivity contribution in [2.24, 2.45) is 0 Å². The van der Waals surface area contributed by atoms with Crippen molar-refractivity contribution in [3.05, 3.63) is 0 Å². The number of ether oxygens (including phenoxy) is 1. The summed E-state index contributed by atoms with van der Waals surface area (Å²) in [7, 11) is 0. The van der Waals surface area contributed by atoms with E-state index in [0.29, 0.717) is 11.9 Å². The van der Waals surface area contributed by atoms with Crippen LogP contribution in [0.4, 0.5) is 5.13 Å². The second-order valence-electron chi connectivity index (χ2n) is 3.34. The van der Waals surface area contributed by atoms with Crippen molar-refractivity contribution in [3.63, 3.8) is 0 Å². The second kappa shape index (κ2) is 6.03. The molecule has 1 aromatic heterocycles. The summed E-state index contributed by atoms with van der Waals surface area (Å²) in [6, 6.07) is 2.06. The summed E-state index contributed by atoms with van der Waals surface area (Å²) in [5.41, 5.74) is 0. The first kappa shape index (κ1) is 11.6. The molecule has 86 valence electrons. The molecule has 1 saturated heterocycles. The van der Waals surface area contributed by atoms with Crippen LogP contribution < -0.4 is 5.32 Å². The van der Waals surface area contributed by atoms with E-state index in [1.54, 1.807) is 0 Å². The molecule has 2 heterocycles. The zero-order chi connectivity index (χ0) is 11.2. The van der Waals surface area contributed by atoms with Gasteiger partial charge in [0.25, 0.3) is 0 Å². The highest BCUT2D eigenvalue weighted by Crippen LogP contribution is 2.25. The lowest BCUT2D eigenvalue weighted by molar-refractivity contribution is 0.120. The summed E-state index contributed by atoms with van der Waals surface area (Å²) in [6.45, 7) is 1.66. The van der Waals surface area contributed by atoms with E-state index in [1.165, 1.54) is 23.1 Å². The van der Waals surface area contributed by atoms with E-state index in [9.17, 15) is 0 Å². The number of anilines is 1. The van der Waals surface area contributed by atoms with Crippen LogP contribution in [0.3, 0.4) is 0 Å². The minimum atomic E-state index is 0.305. The molecule has 2 rings (SSSR count). The molecular weight excluding hydrogens is 244 g/mol. The fraction of sp³-hybridized carbons (Fsp3) is 0.667. The first-order chi connectivity index (χ1) is 7.88. The minimum Gasteiger partial charge on any atom is -0.376 e. The van der Waals surface area contributed by atoms with Gasteiger partial charge in [-0.2, -0.15) is 5.26 Å². The summed E-state index contributed by atoms with van der Waals surface area (Å²) >= 11 is 2.89. The first-order valence-corrected chi connectivity index (χ1v) is 6.87. The van der Waals surface area contributed by atoms with Gasteiger partial charge in [0.1, 0.15) is 0 Å². The molecule has 1 fully saturated rings. The van der Waals surface area contributed by atoms with Gasteiger partial charge in [-0.05, 0) is 12.8 Å². The van der Waals surface area contributed by atoms with Crippen LogP contribution in [0.25, 0.3) is 0 Å². The standard InChI is InChI=1S/C9H12N4OS2/c10-3-5-15-9-13-12-8(16-9)11-6-7-2-1-4-14-7/h7H,1-2,4-6H2,(H,11,12)/t7-/m0/s1. The normalized spacial score (nSPS) is 19.6. The highest BCUT2D eigenvalue weighted by Gasteiger charge is 2.15. The van der Waals surface area contributed by atoms with Gasteiger partial charge >= 0.3 is 0 Å². The molecular formula is C9H12N4OS2. The van der Waals surface area contributed by atoms with Crippen LogP contribution in [0, 0.1) is 11.3 Å². The van der Waals surface area contributed by atoms with E-state index >= 15 is 0 Å². The van der Waals surface area contributed by atoms with Gasteiger partial charge in [0.2, 0.25) is 5.13 Å². The third-order valence-corrected chi connectivity index (χ3v) is 4.05. The lowest BCUT2D eigenvalue weighted by Gasteiger charge is -2.08. The second-order valence-corrected chi connectivity index (χ2v) is 5.54. The Morgan fingerprint density at radius 1 is 1.62 bits per heavy atom. The molecule has 16 heavy (non-hydrogen) atoms. The smallest absolute Gasteiger partial charge is 0.206 e. The van der Waals surface area contributed by atoms with Crippen LogP contribution in [0.2, 0.25) is 0 Å². The Morgan fingerprint density at radius 3 is 3.31 bits per heavy atom. The molecule has 0 radical (unpaired) electrons. The SMILES string of the molecule is N#CCSc1nnc(NC[C@@H]2CCCO2)s1. The number of nitriles is 1. The average Bonchev–Trinajstić information content (AvgIpc) is 2.95. The molecule has 1 N–H and O–H groups in total. The molecule has 0 aromatic carbocycles. The number of aromatic nitrogens is 2. The van der Waals surface area contributed by atoms with Gasteiger partial charge in [0.05, 0.1) is 17.9 Å². The Bertz CT molecular complexity index is 370. The van der Waals surface area contributed by atoms with E-state index in [1.807, 2.05) is 0 Å². The zero-order valence-electron chi connectivity index (χ0n) is 8.68. The third kappa shape index (κ3) is 3.33. The molecule has 0 bridgehead atoms. The van der Waals surface area contributed by atoms with Crippen molar-refractivity contribution < 1.29 is 4.74 Å². The molecule has 5 nitrogen and oxygen atoms in total. The average molecular weight is 256 g/mol. The largest absolute Gasteiger partial charge is 0.376 e. The Kier molecular flexibility index (Phi) is 4.39. The molecule has 0 aliphatic carbocycles. The van der Waals surface area contributed by atoms with Crippen LogP contribution in [-0.2, 0) is 4.74 Å². The minimum absolute atomic E-state index is 0.305. The quantitative estimate of drug-likeness (QED) is 0.809. The van der Waals surface area contributed by atoms with Gasteiger partial charge < -0.3 is 10.1 Å². The molecule has 7 heteroatoms. The molecule has 1 aromatic rings. The number of nitrogens with one attached hydrogen (secondary N) is 1. The third-order valence-electron chi connectivity index (χ3n) is 2.17. The van der Waals surface area contributed by atoms with Crippen molar-refractivity contribution in [2.75, 3.05) is 24.2 Å². The Labute approximate surface area is 102 Å². The molecule has 1 aliphatic rings. The Morgan fingerprint density at radius 2 is 2.56 bits per heavy atom. The Balaban J connectivity index is 1.76. The number of hydrogen-bond acceptors (Lipinski definition) is 7. The van der Waals surface area contributed by atoms with E-state index in [2.05, 4.69) is 21.6 Å². The van der Waals surface area contributed by atoms with Gasteiger partial charge in [0.15, 0.2) is 4.34 Å².